The van der Waals surface area contributed by atoms with E-state index >= 15 is 0 Å². The van der Waals surface area contributed by atoms with Crippen molar-refractivity contribution < 1.29 is 14.5 Å². The van der Waals surface area contributed by atoms with Gasteiger partial charge < -0.3 is 14.9 Å². The van der Waals surface area contributed by atoms with Gasteiger partial charge in [-0.05, 0) is 25.7 Å². The molecule has 0 aliphatic carbocycles. The number of nitro groups is 1. The molecule has 0 bridgehead atoms. The van der Waals surface area contributed by atoms with Crippen molar-refractivity contribution in [3.05, 3.63) is 21.9 Å². The molecule has 0 saturated heterocycles. The van der Waals surface area contributed by atoms with Crippen molar-refractivity contribution in [2.75, 3.05) is 6.61 Å². The van der Waals surface area contributed by atoms with Crippen molar-refractivity contribution in [3.63, 3.8) is 0 Å². The van der Waals surface area contributed by atoms with E-state index in [4.69, 9.17) is 4.74 Å². The van der Waals surface area contributed by atoms with Crippen LogP contribution in [0.3, 0.4) is 0 Å². The molecule has 16 heavy (non-hydrogen) atoms. The molecule has 7 nitrogen and oxygen atoms in total. The first kappa shape index (κ1) is 12.2. The summed E-state index contributed by atoms with van der Waals surface area (Å²) in [6.45, 7) is 5.44. The summed E-state index contributed by atoms with van der Waals surface area (Å²) < 4.78 is 6.08. The van der Waals surface area contributed by atoms with Crippen LogP contribution in [0.15, 0.2) is 6.07 Å². The Morgan fingerprint density at radius 2 is 2.31 bits per heavy atom. The van der Waals surface area contributed by atoms with Crippen LogP contribution in [0.2, 0.25) is 0 Å². The molecule has 7 heteroatoms. The summed E-state index contributed by atoms with van der Waals surface area (Å²) >= 11 is 0. The van der Waals surface area contributed by atoms with Crippen LogP contribution >= 0.6 is 0 Å². The predicted octanol–water partition coefficient (Wildman–Crippen LogP) is 1.55. The van der Waals surface area contributed by atoms with Crippen LogP contribution in [0.5, 0.6) is 0 Å². The molecular formula is C9H13N3O4. The molecule has 0 atom stereocenters. The highest BCUT2D eigenvalue weighted by Gasteiger charge is 2.25. The fraction of sp³-hybridized carbons (Fsp3) is 0.556. The Morgan fingerprint density at radius 1 is 1.69 bits per heavy atom. The van der Waals surface area contributed by atoms with E-state index in [0.29, 0.717) is 0 Å². The van der Waals surface area contributed by atoms with Gasteiger partial charge in [0, 0.05) is 0 Å². The van der Waals surface area contributed by atoms with Crippen molar-refractivity contribution in [2.24, 2.45) is 0 Å². The Kier molecular flexibility index (Phi) is 3.60. The van der Waals surface area contributed by atoms with Crippen LogP contribution in [-0.2, 0) is 4.74 Å². The molecule has 0 aromatic carbocycles. The van der Waals surface area contributed by atoms with E-state index in [1.54, 1.807) is 20.8 Å². The maximum Gasteiger partial charge on any atom is 0.390 e. The van der Waals surface area contributed by atoms with Gasteiger partial charge >= 0.3 is 11.8 Å². The van der Waals surface area contributed by atoms with Crippen molar-refractivity contribution in [1.29, 1.82) is 0 Å². The minimum atomic E-state index is -0.637. The van der Waals surface area contributed by atoms with Crippen molar-refractivity contribution in [3.8, 4) is 0 Å². The Balaban J connectivity index is 3.15. The number of carbonyl (C=O) groups is 1. The second-order valence-corrected chi connectivity index (χ2v) is 3.40. The van der Waals surface area contributed by atoms with Gasteiger partial charge in [0.25, 0.3) is 0 Å². The largest absolute Gasteiger partial charge is 0.461 e. The van der Waals surface area contributed by atoms with Crippen LogP contribution in [0.4, 0.5) is 5.82 Å². The number of aromatic nitrogens is 2. The van der Waals surface area contributed by atoms with E-state index in [-0.39, 0.29) is 24.2 Å². The summed E-state index contributed by atoms with van der Waals surface area (Å²) in [5.41, 5.74) is 0.101. The number of ether oxygens (including phenoxy) is 1. The second kappa shape index (κ2) is 4.73. The van der Waals surface area contributed by atoms with Gasteiger partial charge in [-0.1, -0.05) is 0 Å². The topological polar surface area (TPSA) is 87.3 Å². The van der Waals surface area contributed by atoms with Gasteiger partial charge in [-0.15, -0.1) is 0 Å². The SMILES string of the molecule is CCOC(=O)c1cc([N+](=O)[O-])nn1C(C)C. The summed E-state index contributed by atoms with van der Waals surface area (Å²) in [6, 6.07) is 0.978. The third-order valence-corrected chi connectivity index (χ3v) is 1.88. The standard InChI is InChI=1S/C9H13N3O4/c1-4-16-9(13)7-5-8(12(14)15)10-11(7)6(2)3/h5-6H,4H2,1-3H3. The van der Waals surface area contributed by atoms with Gasteiger partial charge in [0.1, 0.15) is 0 Å². The number of nitrogens with zero attached hydrogens (tertiary/aromatic N) is 3. The highest BCUT2D eigenvalue weighted by atomic mass is 16.6. The lowest BCUT2D eigenvalue weighted by Crippen LogP contribution is -2.14. The predicted molar refractivity (Wildman–Crippen MR) is 55.2 cm³/mol. The summed E-state index contributed by atoms with van der Waals surface area (Å²) in [7, 11) is 0. The second-order valence-electron chi connectivity index (χ2n) is 3.40. The van der Waals surface area contributed by atoms with E-state index in [1.165, 1.54) is 4.68 Å². The van der Waals surface area contributed by atoms with Gasteiger partial charge in [0.05, 0.1) is 23.8 Å². The molecule has 0 unspecified atom stereocenters. The lowest BCUT2D eigenvalue weighted by atomic mass is 10.3. The van der Waals surface area contributed by atoms with Crippen LogP contribution in [-0.4, -0.2) is 27.3 Å². The molecule has 0 fully saturated rings. The van der Waals surface area contributed by atoms with Gasteiger partial charge in [0.15, 0.2) is 5.69 Å². The lowest BCUT2D eigenvalue weighted by molar-refractivity contribution is -0.389. The molecule has 0 radical (unpaired) electrons. The first-order chi connectivity index (χ1) is 7.47. The van der Waals surface area contributed by atoms with Crippen LogP contribution in [0, 0.1) is 10.1 Å². The first-order valence-corrected chi connectivity index (χ1v) is 4.88. The zero-order valence-corrected chi connectivity index (χ0v) is 9.34. The maximum absolute atomic E-state index is 11.5. The van der Waals surface area contributed by atoms with Gasteiger partial charge in [0.2, 0.25) is 0 Å². The molecule has 1 aromatic heterocycles. The molecule has 1 rings (SSSR count). The quantitative estimate of drug-likeness (QED) is 0.442. The van der Waals surface area contributed by atoms with E-state index in [9.17, 15) is 14.9 Å². The van der Waals surface area contributed by atoms with Crippen molar-refractivity contribution >= 4 is 11.8 Å². The van der Waals surface area contributed by atoms with Gasteiger partial charge in [-0.3, -0.25) is 0 Å². The molecule has 0 N–H and O–H groups in total. The zero-order chi connectivity index (χ0) is 12.3. The number of rotatable bonds is 4. The van der Waals surface area contributed by atoms with Crippen molar-refractivity contribution in [1.82, 2.24) is 9.78 Å². The number of esters is 1. The third-order valence-electron chi connectivity index (χ3n) is 1.88. The molecule has 0 aliphatic rings. The third kappa shape index (κ3) is 2.36. The molecule has 1 aromatic rings. The highest BCUT2D eigenvalue weighted by Crippen LogP contribution is 2.17. The molecule has 0 saturated carbocycles. The van der Waals surface area contributed by atoms with Crippen molar-refractivity contribution in [2.45, 2.75) is 26.8 Å². The Bertz CT molecular complexity index is 411. The Labute approximate surface area is 92.2 Å². The zero-order valence-electron chi connectivity index (χ0n) is 9.34. The average molecular weight is 227 g/mol. The van der Waals surface area contributed by atoms with Gasteiger partial charge in [-0.25, -0.2) is 4.79 Å². The smallest absolute Gasteiger partial charge is 0.390 e. The summed E-state index contributed by atoms with van der Waals surface area (Å²) in [5.74, 6) is -0.950. The molecule has 0 aliphatic heterocycles. The molecule has 1 heterocycles. The van der Waals surface area contributed by atoms with E-state index < -0.39 is 10.9 Å². The van der Waals surface area contributed by atoms with Crippen LogP contribution in [0.25, 0.3) is 0 Å². The minimum absolute atomic E-state index is 0.101. The fourth-order valence-corrected chi connectivity index (χ4v) is 1.22. The molecule has 0 spiro atoms. The molecule has 0 amide bonds. The highest BCUT2D eigenvalue weighted by molar-refractivity contribution is 5.88. The lowest BCUT2D eigenvalue weighted by Gasteiger charge is -2.04. The number of hydrogen-bond donors (Lipinski definition) is 0. The monoisotopic (exact) mass is 227 g/mol. The van der Waals surface area contributed by atoms with E-state index in [2.05, 4.69) is 5.10 Å². The Hall–Kier alpha value is -1.92. The van der Waals surface area contributed by atoms with Crippen LogP contribution in [0.1, 0.15) is 37.3 Å². The average Bonchev–Trinajstić information content (AvgIpc) is 2.62. The van der Waals surface area contributed by atoms with Crippen LogP contribution < -0.4 is 0 Å². The van der Waals surface area contributed by atoms with E-state index in [1.807, 2.05) is 0 Å². The Morgan fingerprint density at radius 3 is 2.75 bits per heavy atom. The summed E-state index contributed by atoms with van der Waals surface area (Å²) in [4.78, 5) is 21.4. The number of carbonyl (C=O) groups excluding carboxylic acids is 1. The summed E-state index contributed by atoms with van der Waals surface area (Å²) in [5, 5.41) is 14.3. The maximum atomic E-state index is 11.5. The molecule has 88 valence electrons. The first-order valence-electron chi connectivity index (χ1n) is 4.88. The summed E-state index contributed by atoms with van der Waals surface area (Å²) in [6.07, 6.45) is 0. The normalized spacial score (nSPS) is 10.5. The minimum Gasteiger partial charge on any atom is -0.461 e. The van der Waals surface area contributed by atoms with E-state index in [0.717, 1.165) is 6.07 Å². The fourth-order valence-electron chi connectivity index (χ4n) is 1.22. The number of hydrogen-bond acceptors (Lipinski definition) is 5. The van der Waals surface area contributed by atoms with Gasteiger partial charge in [-0.2, -0.15) is 4.68 Å². The molecular weight excluding hydrogens is 214 g/mol.